The van der Waals surface area contributed by atoms with Gasteiger partial charge in [0.2, 0.25) is 0 Å². The van der Waals surface area contributed by atoms with E-state index in [1.807, 2.05) is 12.1 Å². The van der Waals surface area contributed by atoms with Crippen LogP contribution in [0, 0.1) is 0 Å². The lowest BCUT2D eigenvalue weighted by Gasteiger charge is -2.16. The number of rotatable bonds is 1. The number of pyridine rings is 1. The molecular weight excluding hydrogens is 172 g/mol. The fraction of sp³-hybridized carbons (Fsp3) is 0.375. The molecule has 2 rings (SSSR count). The monoisotopic (exact) mass is 182 g/mol. The van der Waals surface area contributed by atoms with Crippen molar-refractivity contribution in [2.24, 2.45) is 0 Å². The molecule has 0 saturated heterocycles. The summed E-state index contributed by atoms with van der Waals surface area (Å²) in [5.41, 5.74) is 0.726. The first-order chi connectivity index (χ1) is 5.90. The van der Waals surface area contributed by atoms with Gasteiger partial charge in [-0.3, -0.25) is 0 Å². The number of aromatic nitrogens is 1. The lowest BCUT2D eigenvalue weighted by Crippen LogP contribution is -2.12. The predicted octanol–water partition coefficient (Wildman–Crippen LogP) is 1.09. The van der Waals surface area contributed by atoms with Gasteiger partial charge in [0.25, 0.3) is 0 Å². The maximum Gasteiger partial charge on any atom is 0.140 e. The van der Waals surface area contributed by atoms with Gasteiger partial charge in [-0.25, -0.2) is 4.98 Å². The quantitative estimate of drug-likeness (QED) is 0.682. The second-order valence-electron chi connectivity index (χ2n) is 2.58. The van der Waals surface area contributed by atoms with Gasteiger partial charge in [0.15, 0.2) is 0 Å². The Morgan fingerprint density at radius 3 is 3.33 bits per heavy atom. The van der Waals surface area contributed by atoms with Crippen LogP contribution in [0.5, 0.6) is 0 Å². The van der Waals surface area contributed by atoms with Crippen LogP contribution in [0.25, 0.3) is 0 Å². The Hall–Kier alpha value is -0.740. The van der Waals surface area contributed by atoms with Crippen LogP contribution in [-0.4, -0.2) is 22.4 Å². The Morgan fingerprint density at radius 2 is 2.50 bits per heavy atom. The van der Waals surface area contributed by atoms with Gasteiger partial charge < -0.3 is 10.4 Å². The van der Waals surface area contributed by atoms with E-state index in [1.54, 1.807) is 11.8 Å². The molecule has 0 bridgehead atoms. The van der Waals surface area contributed by atoms with Crippen molar-refractivity contribution in [1.29, 1.82) is 0 Å². The number of nitrogens with one attached hydrogen (secondary N) is 1. The Labute approximate surface area is 75.2 Å². The van der Waals surface area contributed by atoms with Gasteiger partial charge in [0.1, 0.15) is 5.82 Å². The second-order valence-corrected chi connectivity index (χ2v) is 3.72. The van der Waals surface area contributed by atoms with Crippen molar-refractivity contribution in [1.82, 2.24) is 4.98 Å². The van der Waals surface area contributed by atoms with Gasteiger partial charge in [0.05, 0.1) is 12.3 Å². The zero-order valence-corrected chi connectivity index (χ0v) is 7.40. The van der Waals surface area contributed by atoms with E-state index in [1.165, 1.54) is 4.90 Å². The number of hydrogen-bond donors (Lipinski definition) is 2. The van der Waals surface area contributed by atoms with Crippen LogP contribution < -0.4 is 5.32 Å². The average molecular weight is 182 g/mol. The predicted molar refractivity (Wildman–Crippen MR) is 49.4 cm³/mol. The summed E-state index contributed by atoms with van der Waals surface area (Å²) in [5, 5.41) is 12.0. The summed E-state index contributed by atoms with van der Waals surface area (Å²) < 4.78 is 0. The number of nitrogens with zero attached hydrogens (tertiary/aromatic N) is 1. The van der Waals surface area contributed by atoms with Gasteiger partial charge in [-0.05, 0) is 12.1 Å². The minimum atomic E-state index is 0.0135. The van der Waals surface area contributed by atoms with E-state index >= 15 is 0 Å². The number of hydrogen-bond acceptors (Lipinski definition) is 4. The highest BCUT2D eigenvalue weighted by Gasteiger charge is 2.09. The Kier molecular flexibility index (Phi) is 2.19. The van der Waals surface area contributed by atoms with Crippen molar-refractivity contribution in [2.75, 3.05) is 17.6 Å². The molecule has 1 aliphatic rings. The molecule has 64 valence electrons. The van der Waals surface area contributed by atoms with Crippen molar-refractivity contribution in [3.05, 3.63) is 17.8 Å². The van der Waals surface area contributed by atoms with Crippen LogP contribution in [-0.2, 0) is 6.61 Å². The Morgan fingerprint density at radius 1 is 1.58 bits per heavy atom. The molecule has 0 aromatic carbocycles. The zero-order chi connectivity index (χ0) is 8.39. The zero-order valence-electron chi connectivity index (χ0n) is 6.58. The van der Waals surface area contributed by atoms with Gasteiger partial charge in [-0.15, -0.1) is 11.8 Å². The van der Waals surface area contributed by atoms with Crippen LogP contribution in [0.4, 0.5) is 5.82 Å². The molecule has 0 aliphatic carbocycles. The molecule has 1 aromatic heterocycles. The summed E-state index contributed by atoms with van der Waals surface area (Å²) in [6.45, 7) is 0.971. The van der Waals surface area contributed by atoms with Gasteiger partial charge >= 0.3 is 0 Å². The summed E-state index contributed by atoms with van der Waals surface area (Å²) in [6, 6.07) is 3.86. The maximum atomic E-state index is 8.84. The van der Waals surface area contributed by atoms with Crippen LogP contribution in [0.1, 0.15) is 5.69 Å². The first-order valence-corrected chi connectivity index (χ1v) is 4.86. The molecule has 2 N–H and O–H groups in total. The van der Waals surface area contributed by atoms with Gasteiger partial charge in [0, 0.05) is 17.2 Å². The fourth-order valence-corrected chi connectivity index (χ4v) is 1.99. The smallest absolute Gasteiger partial charge is 0.140 e. The van der Waals surface area contributed by atoms with E-state index in [9.17, 15) is 0 Å². The van der Waals surface area contributed by atoms with E-state index in [4.69, 9.17) is 5.11 Å². The molecule has 0 fully saturated rings. The highest BCUT2D eigenvalue weighted by atomic mass is 32.2. The minimum Gasteiger partial charge on any atom is -0.390 e. The molecule has 0 spiro atoms. The standard InChI is InChI=1S/C8H10N2OS/c11-5-6-1-2-7-8(10-6)9-3-4-12-7/h1-2,11H,3-5H2,(H,9,10). The summed E-state index contributed by atoms with van der Waals surface area (Å²) in [4.78, 5) is 5.43. The van der Waals surface area contributed by atoms with E-state index in [-0.39, 0.29) is 6.61 Å². The molecule has 0 unspecified atom stereocenters. The van der Waals surface area contributed by atoms with Crippen molar-refractivity contribution in [2.45, 2.75) is 11.5 Å². The average Bonchev–Trinajstić information content (AvgIpc) is 2.17. The first-order valence-electron chi connectivity index (χ1n) is 3.87. The van der Waals surface area contributed by atoms with E-state index in [2.05, 4.69) is 10.3 Å². The summed E-state index contributed by atoms with van der Waals surface area (Å²) in [6.07, 6.45) is 0. The van der Waals surface area contributed by atoms with Crippen LogP contribution in [0.2, 0.25) is 0 Å². The van der Waals surface area contributed by atoms with Crippen molar-refractivity contribution >= 4 is 17.6 Å². The SMILES string of the molecule is OCc1ccc2c(n1)NCCS2. The molecule has 1 aromatic rings. The number of aliphatic hydroxyl groups is 1. The normalized spacial score (nSPS) is 15.1. The van der Waals surface area contributed by atoms with Crippen molar-refractivity contribution < 1.29 is 5.11 Å². The Bertz CT molecular complexity index is 290. The third-order valence-corrected chi connectivity index (χ3v) is 2.78. The molecule has 0 amide bonds. The summed E-state index contributed by atoms with van der Waals surface area (Å²) in [5.74, 6) is 2.01. The number of fused-ring (bicyclic) bond motifs is 1. The second kappa shape index (κ2) is 3.33. The molecular formula is C8H10N2OS. The lowest BCUT2D eigenvalue weighted by atomic mass is 10.3. The molecule has 12 heavy (non-hydrogen) atoms. The highest BCUT2D eigenvalue weighted by Crippen LogP contribution is 2.28. The van der Waals surface area contributed by atoms with Crippen molar-refractivity contribution in [3.63, 3.8) is 0 Å². The lowest BCUT2D eigenvalue weighted by molar-refractivity contribution is 0.277. The maximum absolute atomic E-state index is 8.84. The largest absolute Gasteiger partial charge is 0.390 e. The number of aliphatic hydroxyl groups excluding tert-OH is 1. The van der Waals surface area contributed by atoms with Crippen LogP contribution in [0.15, 0.2) is 17.0 Å². The summed E-state index contributed by atoms with van der Waals surface area (Å²) in [7, 11) is 0. The van der Waals surface area contributed by atoms with Gasteiger partial charge in [-0.1, -0.05) is 0 Å². The first kappa shape index (κ1) is 7.89. The van der Waals surface area contributed by atoms with E-state index in [0.29, 0.717) is 0 Å². The topological polar surface area (TPSA) is 45.2 Å². The number of thioether (sulfide) groups is 1. The molecule has 4 heteroatoms. The van der Waals surface area contributed by atoms with E-state index in [0.717, 1.165) is 23.8 Å². The molecule has 0 saturated carbocycles. The van der Waals surface area contributed by atoms with Crippen molar-refractivity contribution in [3.8, 4) is 0 Å². The molecule has 1 aliphatic heterocycles. The minimum absolute atomic E-state index is 0.0135. The molecule has 2 heterocycles. The fourth-order valence-electron chi connectivity index (χ4n) is 1.15. The molecule has 0 radical (unpaired) electrons. The van der Waals surface area contributed by atoms with Gasteiger partial charge in [-0.2, -0.15) is 0 Å². The molecule has 3 nitrogen and oxygen atoms in total. The molecule has 0 atom stereocenters. The van der Waals surface area contributed by atoms with Crippen LogP contribution >= 0.6 is 11.8 Å². The van der Waals surface area contributed by atoms with E-state index < -0.39 is 0 Å². The number of anilines is 1. The highest BCUT2D eigenvalue weighted by molar-refractivity contribution is 7.99. The Balaban J connectivity index is 2.36. The third kappa shape index (κ3) is 1.40. The van der Waals surface area contributed by atoms with Crippen LogP contribution in [0.3, 0.4) is 0 Å². The summed E-state index contributed by atoms with van der Waals surface area (Å²) >= 11 is 1.80. The third-order valence-electron chi connectivity index (χ3n) is 1.73.